The highest BCUT2D eigenvalue weighted by Gasteiger charge is 2.30. The smallest absolute Gasteiger partial charge is 0.220 e. The van der Waals surface area contributed by atoms with Crippen LogP contribution in [0.5, 0.6) is 0 Å². The van der Waals surface area contributed by atoms with Crippen molar-refractivity contribution in [3.8, 4) is 0 Å². The SMILES string of the molecule is CCCCC(=O)NC(C)(C)CC(C)(C)ON. The second kappa shape index (κ2) is 6.21. The molecule has 16 heavy (non-hydrogen) atoms. The summed E-state index contributed by atoms with van der Waals surface area (Å²) in [5.74, 6) is 5.31. The number of carbonyl (C=O) groups is 1. The molecule has 0 fully saturated rings. The summed E-state index contributed by atoms with van der Waals surface area (Å²) in [6.45, 7) is 9.86. The van der Waals surface area contributed by atoms with Crippen molar-refractivity contribution in [2.75, 3.05) is 0 Å². The zero-order valence-corrected chi connectivity index (χ0v) is 11.2. The number of carbonyl (C=O) groups excluding carboxylic acids is 1. The van der Waals surface area contributed by atoms with E-state index in [2.05, 4.69) is 12.2 Å². The number of unbranched alkanes of at least 4 members (excludes halogenated alkanes) is 1. The van der Waals surface area contributed by atoms with Gasteiger partial charge in [0.25, 0.3) is 0 Å². The summed E-state index contributed by atoms with van der Waals surface area (Å²) in [6.07, 6.45) is 3.22. The summed E-state index contributed by atoms with van der Waals surface area (Å²) in [4.78, 5) is 16.5. The minimum absolute atomic E-state index is 0.0969. The molecule has 0 atom stereocenters. The highest BCUT2D eigenvalue weighted by Crippen LogP contribution is 2.22. The first-order chi connectivity index (χ1) is 7.22. The van der Waals surface area contributed by atoms with E-state index in [0.29, 0.717) is 12.8 Å². The molecule has 0 aliphatic rings. The van der Waals surface area contributed by atoms with Crippen LogP contribution in [0.2, 0.25) is 0 Å². The Morgan fingerprint density at radius 2 is 1.88 bits per heavy atom. The number of nitrogens with two attached hydrogens (primary N) is 1. The lowest BCUT2D eigenvalue weighted by Gasteiger charge is -2.34. The van der Waals surface area contributed by atoms with Crippen LogP contribution in [0, 0.1) is 0 Å². The van der Waals surface area contributed by atoms with E-state index in [0.717, 1.165) is 12.8 Å². The van der Waals surface area contributed by atoms with Gasteiger partial charge in [-0.15, -0.1) is 0 Å². The molecule has 96 valence electrons. The standard InChI is InChI=1S/C12H26N2O2/c1-6-7-8-10(15)14-11(2,3)9-12(4,5)16-13/h6-9,13H2,1-5H3,(H,14,15). The van der Waals surface area contributed by atoms with Gasteiger partial charge in [-0.2, -0.15) is 0 Å². The maximum atomic E-state index is 11.6. The maximum Gasteiger partial charge on any atom is 0.220 e. The van der Waals surface area contributed by atoms with E-state index in [1.54, 1.807) is 0 Å². The Kier molecular flexibility index (Phi) is 5.97. The lowest BCUT2D eigenvalue weighted by molar-refractivity contribution is -0.123. The monoisotopic (exact) mass is 230 g/mol. The van der Waals surface area contributed by atoms with E-state index >= 15 is 0 Å². The summed E-state index contributed by atoms with van der Waals surface area (Å²) in [7, 11) is 0. The van der Waals surface area contributed by atoms with Gasteiger partial charge in [-0.05, 0) is 34.1 Å². The molecule has 0 spiro atoms. The first kappa shape index (κ1) is 15.4. The predicted octanol–water partition coefficient (Wildman–Crippen LogP) is 2.13. The van der Waals surface area contributed by atoms with Crippen molar-refractivity contribution in [1.29, 1.82) is 0 Å². The topological polar surface area (TPSA) is 64.3 Å². The molecule has 0 saturated heterocycles. The molecule has 1 amide bonds. The van der Waals surface area contributed by atoms with E-state index in [-0.39, 0.29) is 11.4 Å². The number of hydrogen-bond donors (Lipinski definition) is 2. The molecule has 0 aromatic rings. The maximum absolute atomic E-state index is 11.6. The minimum atomic E-state index is -0.429. The Balaban J connectivity index is 4.18. The predicted molar refractivity (Wildman–Crippen MR) is 65.7 cm³/mol. The zero-order valence-electron chi connectivity index (χ0n) is 11.2. The second-order valence-electron chi connectivity index (χ2n) is 5.59. The quantitative estimate of drug-likeness (QED) is 0.658. The van der Waals surface area contributed by atoms with Crippen molar-refractivity contribution in [2.24, 2.45) is 5.90 Å². The number of rotatable bonds is 7. The average Bonchev–Trinajstić information content (AvgIpc) is 2.12. The first-order valence-corrected chi connectivity index (χ1v) is 5.91. The van der Waals surface area contributed by atoms with Gasteiger partial charge in [0.15, 0.2) is 0 Å². The third-order valence-electron chi connectivity index (χ3n) is 2.42. The third-order valence-corrected chi connectivity index (χ3v) is 2.42. The molecule has 0 aliphatic carbocycles. The molecule has 4 nitrogen and oxygen atoms in total. The second-order valence-corrected chi connectivity index (χ2v) is 5.59. The lowest BCUT2D eigenvalue weighted by Crippen LogP contribution is -2.49. The molecule has 0 saturated carbocycles. The Labute approximate surface area is 98.9 Å². The van der Waals surface area contributed by atoms with Crippen LogP contribution in [0.1, 0.15) is 60.3 Å². The van der Waals surface area contributed by atoms with Gasteiger partial charge in [0.1, 0.15) is 0 Å². The van der Waals surface area contributed by atoms with Crippen LogP contribution in [0.15, 0.2) is 0 Å². The van der Waals surface area contributed by atoms with E-state index < -0.39 is 5.60 Å². The highest BCUT2D eigenvalue weighted by atomic mass is 16.6. The fourth-order valence-corrected chi connectivity index (χ4v) is 1.93. The van der Waals surface area contributed by atoms with Gasteiger partial charge in [0.05, 0.1) is 5.60 Å². The van der Waals surface area contributed by atoms with E-state index in [1.807, 2.05) is 27.7 Å². The Hall–Kier alpha value is -0.610. The summed E-state index contributed by atoms with van der Waals surface area (Å²) in [5, 5.41) is 3.01. The highest BCUT2D eigenvalue weighted by molar-refractivity contribution is 5.76. The van der Waals surface area contributed by atoms with Gasteiger partial charge >= 0.3 is 0 Å². The van der Waals surface area contributed by atoms with Crippen molar-refractivity contribution in [2.45, 2.75) is 71.4 Å². The van der Waals surface area contributed by atoms with Crippen LogP contribution < -0.4 is 11.2 Å². The van der Waals surface area contributed by atoms with Gasteiger partial charge < -0.3 is 5.32 Å². The van der Waals surface area contributed by atoms with Gasteiger partial charge in [0.2, 0.25) is 5.91 Å². The van der Waals surface area contributed by atoms with E-state index in [4.69, 9.17) is 10.7 Å². The number of hydrogen-bond acceptors (Lipinski definition) is 3. The van der Waals surface area contributed by atoms with Gasteiger partial charge in [-0.3, -0.25) is 9.63 Å². The van der Waals surface area contributed by atoms with Crippen molar-refractivity contribution < 1.29 is 9.63 Å². The molecule has 3 N–H and O–H groups in total. The molecule has 0 radical (unpaired) electrons. The summed E-state index contributed by atoms with van der Waals surface area (Å²) in [5.41, 5.74) is -0.727. The van der Waals surface area contributed by atoms with Crippen molar-refractivity contribution in [3.05, 3.63) is 0 Å². The Morgan fingerprint density at radius 1 is 1.31 bits per heavy atom. The first-order valence-electron chi connectivity index (χ1n) is 5.91. The molecule has 0 rings (SSSR count). The molecule has 0 aliphatic heterocycles. The van der Waals surface area contributed by atoms with E-state index in [9.17, 15) is 4.79 Å². The van der Waals surface area contributed by atoms with Crippen LogP contribution in [0.25, 0.3) is 0 Å². The molecule has 0 unspecified atom stereocenters. The van der Waals surface area contributed by atoms with Crippen LogP contribution in [0.4, 0.5) is 0 Å². The summed E-state index contributed by atoms with van der Waals surface area (Å²) < 4.78 is 0. The summed E-state index contributed by atoms with van der Waals surface area (Å²) in [6, 6.07) is 0. The molecular formula is C12H26N2O2. The zero-order chi connectivity index (χ0) is 12.8. The minimum Gasteiger partial charge on any atom is -0.351 e. The van der Waals surface area contributed by atoms with Crippen LogP contribution >= 0.6 is 0 Å². The normalized spacial score (nSPS) is 12.6. The molecule has 0 aromatic carbocycles. The Bertz CT molecular complexity index is 225. The van der Waals surface area contributed by atoms with Crippen LogP contribution in [-0.2, 0) is 9.63 Å². The van der Waals surface area contributed by atoms with Crippen molar-refractivity contribution in [1.82, 2.24) is 5.32 Å². The van der Waals surface area contributed by atoms with Gasteiger partial charge in [0, 0.05) is 18.4 Å². The largest absolute Gasteiger partial charge is 0.351 e. The molecule has 0 aromatic heterocycles. The number of nitrogens with one attached hydrogen (secondary N) is 1. The number of amides is 1. The van der Waals surface area contributed by atoms with Gasteiger partial charge in [-0.25, -0.2) is 5.90 Å². The molecule has 0 heterocycles. The third kappa shape index (κ3) is 6.80. The van der Waals surface area contributed by atoms with Gasteiger partial charge in [-0.1, -0.05) is 13.3 Å². The lowest BCUT2D eigenvalue weighted by atomic mass is 9.89. The molecular weight excluding hydrogens is 204 g/mol. The Morgan fingerprint density at radius 3 is 2.31 bits per heavy atom. The average molecular weight is 230 g/mol. The van der Waals surface area contributed by atoms with Crippen LogP contribution in [-0.4, -0.2) is 17.0 Å². The van der Waals surface area contributed by atoms with E-state index in [1.165, 1.54) is 0 Å². The fourth-order valence-electron chi connectivity index (χ4n) is 1.93. The molecule has 4 heteroatoms. The fraction of sp³-hybridized carbons (Fsp3) is 0.917. The summed E-state index contributed by atoms with van der Waals surface area (Å²) >= 11 is 0. The van der Waals surface area contributed by atoms with Crippen molar-refractivity contribution >= 4 is 5.91 Å². The van der Waals surface area contributed by atoms with Crippen molar-refractivity contribution in [3.63, 3.8) is 0 Å². The van der Waals surface area contributed by atoms with Crippen LogP contribution in [0.3, 0.4) is 0 Å². The molecule has 0 bridgehead atoms.